The minimum Gasteiger partial charge on any atom is -0.356 e. The van der Waals surface area contributed by atoms with Crippen LogP contribution in [0.25, 0.3) is 5.65 Å². The summed E-state index contributed by atoms with van der Waals surface area (Å²) >= 11 is 0. The van der Waals surface area contributed by atoms with Gasteiger partial charge in [0.1, 0.15) is 5.65 Å². The van der Waals surface area contributed by atoms with E-state index >= 15 is 0 Å². The number of fused-ring (bicyclic) bond motifs is 1. The molecule has 0 fully saturated rings. The first-order valence-corrected chi connectivity index (χ1v) is 9.00. The van der Waals surface area contributed by atoms with Gasteiger partial charge in [0.05, 0.1) is 12.2 Å². The molecule has 0 spiro atoms. The second-order valence-electron chi connectivity index (χ2n) is 6.73. The number of hydrogen-bond acceptors (Lipinski definition) is 2. The molecule has 27 heavy (non-hydrogen) atoms. The van der Waals surface area contributed by atoms with Gasteiger partial charge in [-0.05, 0) is 44.9 Å². The topological polar surface area (TPSA) is 53.7 Å². The SMILES string of the molecule is CN=C(NCCc1cc(C)cc(C)c1)NCc1cn2c(C)cccc2n1.I. The molecule has 0 aliphatic carbocycles. The summed E-state index contributed by atoms with van der Waals surface area (Å²) in [5.41, 5.74) is 7.11. The van der Waals surface area contributed by atoms with E-state index in [9.17, 15) is 0 Å². The van der Waals surface area contributed by atoms with Gasteiger partial charge in [-0.15, -0.1) is 24.0 Å². The third-order valence-corrected chi connectivity index (χ3v) is 4.39. The number of rotatable bonds is 5. The van der Waals surface area contributed by atoms with E-state index in [1.54, 1.807) is 7.05 Å². The number of nitrogens with zero attached hydrogens (tertiary/aromatic N) is 3. The first kappa shape index (κ1) is 21.2. The van der Waals surface area contributed by atoms with Crippen molar-refractivity contribution in [2.45, 2.75) is 33.7 Å². The highest BCUT2D eigenvalue weighted by Gasteiger charge is 2.04. The average Bonchev–Trinajstić information content (AvgIpc) is 3.01. The highest BCUT2D eigenvalue weighted by atomic mass is 127. The molecular formula is C21H28IN5. The van der Waals surface area contributed by atoms with Crippen molar-refractivity contribution in [3.63, 3.8) is 0 Å². The number of guanidine groups is 1. The van der Waals surface area contributed by atoms with E-state index in [0.717, 1.165) is 30.3 Å². The zero-order valence-corrected chi connectivity index (χ0v) is 18.7. The van der Waals surface area contributed by atoms with Crippen LogP contribution in [-0.2, 0) is 13.0 Å². The lowest BCUT2D eigenvalue weighted by Crippen LogP contribution is -2.37. The van der Waals surface area contributed by atoms with Crippen LogP contribution in [0.2, 0.25) is 0 Å². The summed E-state index contributed by atoms with van der Waals surface area (Å²) in [5.74, 6) is 0.795. The zero-order valence-electron chi connectivity index (χ0n) is 16.4. The van der Waals surface area contributed by atoms with Crippen molar-refractivity contribution in [2.24, 2.45) is 4.99 Å². The fourth-order valence-electron chi connectivity index (χ4n) is 3.22. The Kier molecular flexibility index (Phi) is 7.65. The van der Waals surface area contributed by atoms with Gasteiger partial charge in [-0.2, -0.15) is 0 Å². The molecule has 144 valence electrons. The van der Waals surface area contributed by atoms with Gasteiger partial charge >= 0.3 is 0 Å². The second-order valence-corrected chi connectivity index (χ2v) is 6.73. The van der Waals surface area contributed by atoms with Crippen LogP contribution in [0, 0.1) is 20.8 Å². The van der Waals surface area contributed by atoms with Gasteiger partial charge in [-0.25, -0.2) is 4.98 Å². The summed E-state index contributed by atoms with van der Waals surface area (Å²) in [7, 11) is 1.79. The maximum atomic E-state index is 4.64. The molecule has 3 rings (SSSR count). The maximum absolute atomic E-state index is 4.64. The quantitative estimate of drug-likeness (QED) is 0.334. The molecular weight excluding hydrogens is 449 g/mol. The van der Waals surface area contributed by atoms with Crippen LogP contribution in [0.5, 0.6) is 0 Å². The number of aryl methyl sites for hydroxylation is 3. The lowest BCUT2D eigenvalue weighted by molar-refractivity contribution is 0.786. The van der Waals surface area contributed by atoms with Crippen molar-refractivity contribution in [3.8, 4) is 0 Å². The van der Waals surface area contributed by atoms with Gasteiger partial charge in [0, 0.05) is 25.5 Å². The van der Waals surface area contributed by atoms with Crippen molar-refractivity contribution < 1.29 is 0 Å². The summed E-state index contributed by atoms with van der Waals surface area (Å²) in [4.78, 5) is 8.95. The Hall–Kier alpha value is -2.09. The highest BCUT2D eigenvalue weighted by molar-refractivity contribution is 14.0. The van der Waals surface area contributed by atoms with Crippen molar-refractivity contribution in [1.29, 1.82) is 0 Å². The van der Waals surface area contributed by atoms with Crippen LogP contribution in [0.15, 0.2) is 47.6 Å². The molecule has 2 heterocycles. The van der Waals surface area contributed by atoms with Gasteiger partial charge in [0.25, 0.3) is 0 Å². The summed E-state index contributed by atoms with van der Waals surface area (Å²) in [6.45, 7) is 7.85. The molecule has 0 amide bonds. The molecule has 0 saturated heterocycles. The molecule has 2 aromatic heterocycles. The Morgan fingerprint density at radius 2 is 1.81 bits per heavy atom. The molecule has 6 heteroatoms. The van der Waals surface area contributed by atoms with Gasteiger partial charge in [0.2, 0.25) is 0 Å². The molecule has 0 aliphatic heterocycles. The van der Waals surface area contributed by atoms with Crippen molar-refractivity contribution in [3.05, 3.63) is 70.7 Å². The van der Waals surface area contributed by atoms with Gasteiger partial charge < -0.3 is 15.0 Å². The fraction of sp³-hybridized carbons (Fsp3) is 0.333. The molecule has 1 aromatic carbocycles. The summed E-state index contributed by atoms with van der Waals surface area (Å²) in [6.07, 6.45) is 3.04. The average molecular weight is 477 g/mol. The summed E-state index contributed by atoms with van der Waals surface area (Å²) in [5, 5.41) is 6.71. The largest absolute Gasteiger partial charge is 0.356 e. The molecule has 2 N–H and O–H groups in total. The number of aliphatic imine (C=N–C) groups is 1. The number of pyridine rings is 1. The van der Waals surface area contributed by atoms with E-state index in [1.165, 1.54) is 22.4 Å². The Bertz CT molecular complexity index is 909. The first-order chi connectivity index (χ1) is 12.5. The van der Waals surface area contributed by atoms with Crippen LogP contribution in [0.4, 0.5) is 0 Å². The van der Waals surface area contributed by atoms with Crippen LogP contribution in [-0.4, -0.2) is 28.9 Å². The van der Waals surface area contributed by atoms with E-state index in [0.29, 0.717) is 6.54 Å². The predicted octanol–water partition coefficient (Wildman–Crippen LogP) is 3.79. The minimum absolute atomic E-state index is 0. The molecule has 0 aliphatic rings. The molecule has 0 unspecified atom stereocenters. The molecule has 0 radical (unpaired) electrons. The number of benzene rings is 1. The van der Waals surface area contributed by atoms with Gasteiger partial charge in [-0.1, -0.05) is 35.4 Å². The molecule has 5 nitrogen and oxygen atoms in total. The smallest absolute Gasteiger partial charge is 0.191 e. The number of imidazole rings is 1. The Labute approximate surface area is 178 Å². The third kappa shape index (κ3) is 5.69. The minimum atomic E-state index is 0. The molecule has 0 bridgehead atoms. The van der Waals surface area contributed by atoms with E-state index < -0.39 is 0 Å². The third-order valence-electron chi connectivity index (χ3n) is 4.39. The van der Waals surface area contributed by atoms with Gasteiger partial charge in [0.15, 0.2) is 5.96 Å². The van der Waals surface area contributed by atoms with E-state index in [4.69, 9.17) is 0 Å². The van der Waals surface area contributed by atoms with Crippen LogP contribution >= 0.6 is 24.0 Å². The Morgan fingerprint density at radius 3 is 2.48 bits per heavy atom. The van der Waals surface area contributed by atoms with Gasteiger partial charge in [-0.3, -0.25) is 4.99 Å². The molecule has 3 aromatic rings. The van der Waals surface area contributed by atoms with Crippen molar-refractivity contribution in [1.82, 2.24) is 20.0 Å². The number of hydrogen-bond donors (Lipinski definition) is 2. The van der Waals surface area contributed by atoms with Crippen LogP contribution < -0.4 is 10.6 Å². The number of aromatic nitrogens is 2. The van der Waals surface area contributed by atoms with Crippen LogP contribution in [0.1, 0.15) is 28.1 Å². The van der Waals surface area contributed by atoms with Crippen molar-refractivity contribution >= 4 is 35.6 Å². The normalized spacial score (nSPS) is 11.3. The Balaban J connectivity index is 0.00000261. The van der Waals surface area contributed by atoms with E-state index in [-0.39, 0.29) is 24.0 Å². The Morgan fingerprint density at radius 1 is 1.07 bits per heavy atom. The first-order valence-electron chi connectivity index (χ1n) is 9.00. The zero-order chi connectivity index (χ0) is 18.5. The molecule has 0 saturated carbocycles. The number of nitrogens with one attached hydrogen (secondary N) is 2. The predicted molar refractivity (Wildman–Crippen MR) is 123 cm³/mol. The maximum Gasteiger partial charge on any atom is 0.191 e. The fourth-order valence-corrected chi connectivity index (χ4v) is 3.22. The van der Waals surface area contributed by atoms with E-state index in [2.05, 4.69) is 76.2 Å². The lowest BCUT2D eigenvalue weighted by atomic mass is 10.1. The highest BCUT2D eigenvalue weighted by Crippen LogP contribution is 2.09. The monoisotopic (exact) mass is 477 g/mol. The summed E-state index contributed by atoms with van der Waals surface area (Å²) < 4.78 is 2.10. The number of halogens is 1. The standard InChI is InChI=1S/C21H27N5.HI/c1-15-10-16(2)12-18(11-15)8-9-23-21(22-4)24-13-19-14-26-17(3)6-5-7-20(26)25-19;/h5-7,10-12,14H,8-9,13H2,1-4H3,(H2,22,23,24);1H. The lowest BCUT2D eigenvalue weighted by Gasteiger charge is -2.11. The molecule has 0 atom stereocenters. The van der Waals surface area contributed by atoms with E-state index in [1.807, 2.05) is 12.1 Å². The van der Waals surface area contributed by atoms with Crippen molar-refractivity contribution in [2.75, 3.05) is 13.6 Å². The summed E-state index contributed by atoms with van der Waals surface area (Å²) in [6, 6.07) is 12.8. The van der Waals surface area contributed by atoms with Crippen LogP contribution in [0.3, 0.4) is 0 Å². The second kappa shape index (κ2) is 9.73.